The highest BCUT2D eigenvalue weighted by molar-refractivity contribution is 5.86. The van der Waals surface area contributed by atoms with Crippen molar-refractivity contribution >= 4 is 16.6 Å². The summed E-state index contributed by atoms with van der Waals surface area (Å²) < 4.78 is 0. The average molecular weight is 334 g/mol. The van der Waals surface area contributed by atoms with Gasteiger partial charge in [-0.15, -0.1) is 0 Å². The molecule has 1 aromatic heterocycles. The molecule has 0 aliphatic carbocycles. The molecule has 0 fully saturated rings. The number of ketones is 1. The van der Waals surface area contributed by atoms with Crippen LogP contribution in [0.2, 0.25) is 0 Å². The van der Waals surface area contributed by atoms with E-state index in [9.17, 15) is 4.79 Å². The average Bonchev–Trinajstić information content (AvgIpc) is 3.12. The monoisotopic (exact) mass is 334 g/mol. The van der Waals surface area contributed by atoms with Crippen LogP contribution in [-0.2, 0) is 11.2 Å². The highest BCUT2D eigenvalue weighted by atomic mass is 16.1. The molecular weight excluding hydrogens is 308 g/mol. The zero-order chi connectivity index (χ0) is 17.5. The van der Waals surface area contributed by atoms with Crippen molar-refractivity contribution in [3.63, 3.8) is 0 Å². The number of Topliss-reactive ketones (excluding diaryl/α,β-unsaturated/α-hetero) is 1. The van der Waals surface area contributed by atoms with Crippen LogP contribution in [0.1, 0.15) is 51.3 Å². The molecule has 25 heavy (non-hydrogen) atoms. The fourth-order valence-electron chi connectivity index (χ4n) is 3.14. The van der Waals surface area contributed by atoms with Crippen molar-refractivity contribution in [1.29, 1.82) is 0 Å². The van der Waals surface area contributed by atoms with Crippen LogP contribution in [0.3, 0.4) is 0 Å². The maximum atomic E-state index is 11.3. The fraction of sp³-hybridized carbons (Fsp3) is 0.364. The van der Waals surface area contributed by atoms with Crippen LogP contribution in [-0.4, -0.2) is 15.8 Å². The van der Waals surface area contributed by atoms with Crippen LogP contribution in [0.4, 0.5) is 0 Å². The summed E-state index contributed by atoms with van der Waals surface area (Å²) in [6, 6.07) is 14.9. The molecule has 3 aromatic rings. The van der Waals surface area contributed by atoms with E-state index in [0.717, 1.165) is 50.0 Å². The van der Waals surface area contributed by atoms with Gasteiger partial charge in [-0.3, -0.25) is 4.79 Å². The van der Waals surface area contributed by atoms with E-state index in [2.05, 4.69) is 52.4 Å². The molecule has 0 saturated heterocycles. The number of carbonyl (C=O) groups is 1. The Hall–Kier alpha value is -2.42. The van der Waals surface area contributed by atoms with Gasteiger partial charge in [-0.05, 0) is 29.7 Å². The molecule has 0 aliphatic rings. The Morgan fingerprint density at radius 3 is 2.64 bits per heavy atom. The lowest BCUT2D eigenvalue weighted by Crippen LogP contribution is -1.94. The molecule has 0 amide bonds. The summed E-state index contributed by atoms with van der Waals surface area (Å²) in [4.78, 5) is 19.2. The molecule has 0 saturated carbocycles. The number of nitrogens with zero attached hydrogens (tertiary/aromatic N) is 1. The Kier molecular flexibility index (Phi) is 5.99. The maximum Gasteiger partial charge on any atom is 0.132 e. The second-order valence-corrected chi connectivity index (χ2v) is 6.61. The molecule has 1 heterocycles. The van der Waals surface area contributed by atoms with Crippen LogP contribution in [0.15, 0.2) is 48.7 Å². The first-order chi connectivity index (χ1) is 12.3. The number of aromatic amines is 1. The molecule has 0 bridgehead atoms. The van der Waals surface area contributed by atoms with Crippen LogP contribution in [0.25, 0.3) is 22.0 Å². The van der Waals surface area contributed by atoms with Gasteiger partial charge < -0.3 is 4.98 Å². The minimum atomic E-state index is 0.381. The van der Waals surface area contributed by atoms with Crippen LogP contribution in [0.5, 0.6) is 0 Å². The lowest BCUT2D eigenvalue weighted by Gasteiger charge is -2.02. The lowest BCUT2D eigenvalue weighted by molar-refractivity contribution is -0.118. The predicted molar refractivity (Wildman–Crippen MR) is 104 cm³/mol. The number of nitrogens with one attached hydrogen (secondary N) is 1. The quantitative estimate of drug-likeness (QED) is 0.510. The Bertz CT molecular complexity index is 835. The van der Waals surface area contributed by atoms with E-state index >= 15 is 0 Å². The molecule has 0 aliphatic heterocycles. The highest BCUT2D eigenvalue weighted by Crippen LogP contribution is 2.23. The summed E-state index contributed by atoms with van der Waals surface area (Å²) >= 11 is 0. The van der Waals surface area contributed by atoms with Gasteiger partial charge in [0.1, 0.15) is 11.6 Å². The van der Waals surface area contributed by atoms with E-state index in [-0.39, 0.29) is 0 Å². The number of fused-ring (bicyclic) bond motifs is 1. The number of unbranched alkanes of at least 4 members (excludes halogenated alkanes) is 3. The number of benzene rings is 2. The first kappa shape index (κ1) is 17.4. The molecule has 1 N–H and O–H groups in total. The molecule has 0 unspecified atom stereocenters. The molecule has 2 aromatic carbocycles. The van der Waals surface area contributed by atoms with Crippen molar-refractivity contribution in [1.82, 2.24) is 9.97 Å². The SMILES string of the molecule is CCC(=O)CCCCCCc1ncc(-c2ccc3ccccc3c2)[nH]1. The summed E-state index contributed by atoms with van der Waals surface area (Å²) in [5, 5.41) is 2.50. The number of hydrogen-bond donors (Lipinski definition) is 1. The molecular formula is C22H26N2O. The summed E-state index contributed by atoms with van der Waals surface area (Å²) in [5.41, 5.74) is 2.25. The normalized spacial score (nSPS) is 11.1. The van der Waals surface area contributed by atoms with Crippen LogP contribution in [0, 0.1) is 0 Å². The molecule has 0 spiro atoms. The first-order valence-corrected chi connectivity index (χ1v) is 9.31. The Labute approximate surface area is 149 Å². The Morgan fingerprint density at radius 2 is 1.80 bits per heavy atom. The van der Waals surface area contributed by atoms with E-state index < -0.39 is 0 Å². The van der Waals surface area contributed by atoms with Crippen molar-refractivity contribution in [3.05, 3.63) is 54.5 Å². The van der Waals surface area contributed by atoms with Crippen molar-refractivity contribution in [2.45, 2.75) is 51.9 Å². The smallest absolute Gasteiger partial charge is 0.132 e. The zero-order valence-corrected chi connectivity index (χ0v) is 14.9. The Balaban J connectivity index is 1.51. The fourth-order valence-corrected chi connectivity index (χ4v) is 3.14. The van der Waals surface area contributed by atoms with E-state index in [4.69, 9.17) is 0 Å². The molecule has 3 nitrogen and oxygen atoms in total. The van der Waals surface area contributed by atoms with Gasteiger partial charge in [0.2, 0.25) is 0 Å². The highest BCUT2D eigenvalue weighted by Gasteiger charge is 2.05. The van der Waals surface area contributed by atoms with Crippen LogP contribution < -0.4 is 0 Å². The van der Waals surface area contributed by atoms with Crippen molar-refractivity contribution in [2.75, 3.05) is 0 Å². The minimum Gasteiger partial charge on any atom is -0.342 e. The van der Waals surface area contributed by atoms with Crippen molar-refractivity contribution < 1.29 is 4.79 Å². The van der Waals surface area contributed by atoms with Gasteiger partial charge in [0.05, 0.1) is 11.9 Å². The Morgan fingerprint density at radius 1 is 1.00 bits per heavy atom. The van der Waals surface area contributed by atoms with E-state index in [1.165, 1.54) is 16.3 Å². The third-order valence-electron chi connectivity index (χ3n) is 4.70. The van der Waals surface area contributed by atoms with Crippen molar-refractivity contribution in [3.8, 4) is 11.3 Å². The predicted octanol–water partition coefficient (Wildman–Crippen LogP) is 5.70. The number of rotatable bonds is 9. The number of imidazole rings is 1. The van der Waals surface area contributed by atoms with Gasteiger partial charge in [0, 0.05) is 24.8 Å². The summed E-state index contributed by atoms with van der Waals surface area (Å²) in [7, 11) is 0. The largest absolute Gasteiger partial charge is 0.342 e. The number of hydrogen-bond acceptors (Lipinski definition) is 2. The first-order valence-electron chi connectivity index (χ1n) is 9.31. The number of H-pyrrole nitrogens is 1. The number of carbonyl (C=O) groups excluding carboxylic acids is 1. The van der Waals surface area contributed by atoms with Crippen LogP contribution >= 0.6 is 0 Å². The third kappa shape index (κ3) is 4.79. The molecule has 130 valence electrons. The van der Waals surface area contributed by atoms with Gasteiger partial charge in [-0.1, -0.05) is 56.2 Å². The van der Waals surface area contributed by atoms with Gasteiger partial charge in [0.25, 0.3) is 0 Å². The summed E-state index contributed by atoms with van der Waals surface area (Å²) in [6.45, 7) is 1.94. The van der Waals surface area contributed by atoms with E-state index in [1.807, 2.05) is 13.1 Å². The zero-order valence-electron chi connectivity index (χ0n) is 14.9. The topological polar surface area (TPSA) is 45.8 Å². The van der Waals surface area contributed by atoms with E-state index in [0.29, 0.717) is 12.2 Å². The maximum absolute atomic E-state index is 11.3. The number of aryl methyl sites for hydroxylation is 1. The molecule has 0 radical (unpaired) electrons. The lowest BCUT2D eigenvalue weighted by atomic mass is 10.1. The molecule has 3 heteroatoms. The summed E-state index contributed by atoms with van der Waals surface area (Å²) in [5.74, 6) is 1.43. The minimum absolute atomic E-state index is 0.381. The third-order valence-corrected chi connectivity index (χ3v) is 4.70. The van der Waals surface area contributed by atoms with Gasteiger partial charge >= 0.3 is 0 Å². The second kappa shape index (κ2) is 8.61. The van der Waals surface area contributed by atoms with Gasteiger partial charge in [-0.25, -0.2) is 4.98 Å². The standard InChI is InChI=1S/C22H26N2O/c1-2-20(25)11-5-3-4-6-12-22-23-16-21(24-22)19-14-13-17-9-7-8-10-18(17)15-19/h7-10,13-16H,2-6,11-12H2,1H3,(H,23,24). The second-order valence-electron chi connectivity index (χ2n) is 6.61. The number of aromatic nitrogens is 2. The molecule has 3 rings (SSSR count). The van der Waals surface area contributed by atoms with Gasteiger partial charge in [-0.2, -0.15) is 0 Å². The van der Waals surface area contributed by atoms with Crippen molar-refractivity contribution in [2.24, 2.45) is 0 Å². The summed E-state index contributed by atoms with van der Waals surface area (Å²) in [6.07, 6.45) is 8.73. The molecule has 0 atom stereocenters. The van der Waals surface area contributed by atoms with E-state index in [1.54, 1.807) is 0 Å². The van der Waals surface area contributed by atoms with Gasteiger partial charge in [0.15, 0.2) is 0 Å².